The number of allylic oxidation sites excluding steroid dienone is 1. The molecule has 0 heterocycles. The topological polar surface area (TPSA) is 72.5 Å². The molecule has 0 aliphatic rings. The van der Waals surface area contributed by atoms with Crippen molar-refractivity contribution in [2.75, 3.05) is 0 Å². The summed E-state index contributed by atoms with van der Waals surface area (Å²) in [6.07, 6.45) is 0.935. The summed E-state index contributed by atoms with van der Waals surface area (Å²) in [7, 11) is 0. The lowest BCUT2D eigenvalue weighted by Crippen LogP contribution is -2.09. The number of ether oxygens (including phenoxy) is 1. The maximum absolute atomic E-state index is 10.0. The van der Waals surface area contributed by atoms with Gasteiger partial charge in [0.15, 0.2) is 5.70 Å². The van der Waals surface area contributed by atoms with Crippen molar-refractivity contribution in [2.45, 2.75) is 6.92 Å². The zero-order chi connectivity index (χ0) is 8.15. The minimum atomic E-state index is -1.21. The molecular weight excluding hydrogens is 134 g/mol. The Morgan fingerprint density at radius 3 is 2.60 bits per heavy atom. The van der Waals surface area contributed by atoms with Crippen LogP contribution in [0.5, 0.6) is 0 Å². The average Bonchev–Trinajstić information content (AvgIpc) is 1.82. The number of aliphatic carboxylic acids is 1. The van der Waals surface area contributed by atoms with Crippen LogP contribution in [-0.4, -0.2) is 11.1 Å². The fourth-order valence-corrected chi connectivity index (χ4v) is 0.214. The third-order valence-corrected chi connectivity index (χ3v) is 0.634. The van der Waals surface area contributed by atoms with Crippen LogP contribution in [0.3, 0.4) is 0 Å². The van der Waals surface area contributed by atoms with Gasteiger partial charge in [-0.1, -0.05) is 6.58 Å². The molecule has 0 saturated carbocycles. The van der Waals surface area contributed by atoms with Crippen LogP contribution in [-0.2, 0) is 9.53 Å². The van der Waals surface area contributed by atoms with E-state index < -0.39 is 5.97 Å². The molecule has 0 aromatic heterocycles. The largest absolute Gasteiger partial charge is 0.476 e. The van der Waals surface area contributed by atoms with Gasteiger partial charge in [0.05, 0.1) is 5.76 Å². The van der Waals surface area contributed by atoms with Crippen LogP contribution in [0.2, 0.25) is 0 Å². The van der Waals surface area contributed by atoms with Gasteiger partial charge in [0.2, 0.25) is 0 Å². The molecular formula is C6H9NO3. The number of carbonyl (C=O) groups is 1. The van der Waals surface area contributed by atoms with E-state index in [2.05, 4.69) is 11.3 Å². The predicted molar refractivity (Wildman–Crippen MR) is 35.8 cm³/mol. The third kappa shape index (κ3) is 3.54. The highest BCUT2D eigenvalue weighted by Gasteiger charge is 1.99. The van der Waals surface area contributed by atoms with Gasteiger partial charge >= 0.3 is 5.97 Å². The van der Waals surface area contributed by atoms with Crippen LogP contribution in [0, 0.1) is 0 Å². The smallest absolute Gasteiger partial charge is 0.354 e. The van der Waals surface area contributed by atoms with Crippen molar-refractivity contribution in [3.8, 4) is 0 Å². The zero-order valence-corrected chi connectivity index (χ0v) is 5.63. The predicted octanol–water partition coefficient (Wildman–Crippen LogP) is 0.421. The quantitative estimate of drug-likeness (QED) is 0.443. The second-order valence-electron chi connectivity index (χ2n) is 1.70. The Kier molecular flexibility index (Phi) is 3.04. The molecule has 10 heavy (non-hydrogen) atoms. The van der Waals surface area contributed by atoms with Crippen molar-refractivity contribution in [3.05, 3.63) is 24.3 Å². The molecule has 0 amide bonds. The number of hydrogen-bond donors (Lipinski definition) is 2. The van der Waals surface area contributed by atoms with Crippen molar-refractivity contribution >= 4 is 5.97 Å². The van der Waals surface area contributed by atoms with Gasteiger partial charge < -0.3 is 15.6 Å². The Hall–Kier alpha value is -1.45. The Bertz CT molecular complexity index is 183. The van der Waals surface area contributed by atoms with E-state index in [0.717, 1.165) is 6.26 Å². The van der Waals surface area contributed by atoms with Crippen LogP contribution in [0.4, 0.5) is 0 Å². The molecule has 4 heteroatoms. The monoisotopic (exact) mass is 143 g/mol. The molecule has 0 rings (SSSR count). The summed E-state index contributed by atoms with van der Waals surface area (Å²) < 4.78 is 4.60. The van der Waals surface area contributed by atoms with Crippen molar-refractivity contribution in [3.63, 3.8) is 0 Å². The minimum absolute atomic E-state index is 0.344. The van der Waals surface area contributed by atoms with Gasteiger partial charge in [-0.15, -0.1) is 0 Å². The first-order valence-electron chi connectivity index (χ1n) is 2.55. The summed E-state index contributed by atoms with van der Waals surface area (Å²) in [5.41, 5.74) is 4.62. The highest BCUT2D eigenvalue weighted by Crippen LogP contribution is 1.93. The van der Waals surface area contributed by atoms with E-state index in [0.29, 0.717) is 5.76 Å². The zero-order valence-electron chi connectivity index (χ0n) is 5.63. The van der Waals surface area contributed by atoms with Crippen LogP contribution in [0.15, 0.2) is 24.3 Å². The second-order valence-corrected chi connectivity index (χ2v) is 1.70. The molecule has 56 valence electrons. The summed E-state index contributed by atoms with van der Waals surface area (Å²) in [6, 6.07) is 0. The van der Waals surface area contributed by atoms with Gasteiger partial charge in [0.25, 0.3) is 0 Å². The van der Waals surface area contributed by atoms with Crippen LogP contribution >= 0.6 is 0 Å². The van der Waals surface area contributed by atoms with Crippen molar-refractivity contribution in [1.82, 2.24) is 0 Å². The minimum Gasteiger partial charge on any atom is -0.476 e. The molecule has 0 bridgehead atoms. The molecule has 0 aliphatic heterocycles. The highest BCUT2D eigenvalue weighted by atomic mass is 16.5. The molecule has 3 N–H and O–H groups in total. The fraction of sp³-hybridized carbons (Fsp3) is 0.167. The lowest BCUT2D eigenvalue weighted by Gasteiger charge is -1.96. The van der Waals surface area contributed by atoms with E-state index in [1.54, 1.807) is 6.92 Å². The Balaban J connectivity index is 3.92. The molecule has 0 saturated heterocycles. The molecule has 0 fully saturated rings. The fourth-order valence-electron chi connectivity index (χ4n) is 0.214. The summed E-state index contributed by atoms with van der Waals surface area (Å²) in [5.74, 6) is -0.814. The van der Waals surface area contributed by atoms with E-state index in [4.69, 9.17) is 10.8 Å². The van der Waals surface area contributed by atoms with E-state index >= 15 is 0 Å². The average molecular weight is 143 g/mol. The van der Waals surface area contributed by atoms with Crippen LogP contribution in [0.25, 0.3) is 0 Å². The second kappa shape index (κ2) is 3.55. The van der Waals surface area contributed by atoms with Crippen molar-refractivity contribution in [2.24, 2.45) is 5.73 Å². The summed E-state index contributed by atoms with van der Waals surface area (Å²) in [6.45, 7) is 4.96. The van der Waals surface area contributed by atoms with Gasteiger partial charge in [-0.2, -0.15) is 0 Å². The molecule has 0 spiro atoms. The van der Waals surface area contributed by atoms with Gasteiger partial charge in [-0.05, 0) is 6.92 Å². The van der Waals surface area contributed by atoms with Gasteiger partial charge in [0.1, 0.15) is 6.26 Å². The third-order valence-electron chi connectivity index (χ3n) is 0.634. The van der Waals surface area contributed by atoms with Gasteiger partial charge in [-0.3, -0.25) is 0 Å². The Morgan fingerprint density at radius 2 is 2.30 bits per heavy atom. The standard InChI is InChI=1S/C6H9NO3/c1-4(2)10-3-5(7)6(8)9/h3H,1,7H2,2H3,(H,8,9)/b5-3-. The first kappa shape index (κ1) is 8.55. The number of rotatable bonds is 3. The lowest BCUT2D eigenvalue weighted by atomic mass is 10.5. The first-order valence-corrected chi connectivity index (χ1v) is 2.55. The highest BCUT2D eigenvalue weighted by molar-refractivity contribution is 5.84. The SMILES string of the molecule is C=C(C)O/C=C(\N)C(=O)O. The maximum Gasteiger partial charge on any atom is 0.354 e. The number of hydrogen-bond acceptors (Lipinski definition) is 3. The number of carboxylic acid groups (broad SMARTS) is 1. The molecule has 0 unspecified atom stereocenters. The van der Waals surface area contributed by atoms with E-state index in [-0.39, 0.29) is 5.70 Å². The van der Waals surface area contributed by atoms with Gasteiger partial charge in [-0.25, -0.2) is 4.79 Å². The summed E-state index contributed by atoms with van der Waals surface area (Å²) >= 11 is 0. The lowest BCUT2D eigenvalue weighted by molar-refractivity contribution is -0.132. The summed E-state index contributed by atoms with van der Waals surface area (Å²) in [5, 5.41) is 8.19. The molecule has 0 aromatic rings. The first-order chi connectivity index (χ1) is 4.54. The van der Waals surface area contributed by atoms with E-state index in [1.165, 1.54) is 0 Å². The Morgan fingerprint density at radius 1 is 1.80 bits per heavy atom. The maximum atomic E-state index is 10.0. The van der Waals surface area contributed by atoms with E-state index in [9.17, 15) is 4.79 Å². The van der Waals surface area contributed by atoms with Gasteiger partial charge in [0, 0.05) is 0 Å². The van der Waals surface area contributed by atoms with Crippen LogP contribution < -0.4 is 5.73 Å². The molecule has 0 aliphatic carbocycles. The number of nitrogens with two attached hydrogens (primary N) is 1. The Labute approximate surface area is 58.6 Å². The van der Waals surface area contributed by atoms with Crippen molar-refractivity contribution < 1.29 is 14.6 Å². The molecule has 0 atom stereocenters. The normalized spacial score (nSPS) is 10.7. The van der Waals surface area contributed by atoms with E-state index in [1.807, 2.05) is 0 Å². The number of carboxylic acids is 1. The summed E-state index contributed by atoms with van der Waals surface area (Å²) in [4.78, 5) is 10.0. The molecule has 0 radical (unpaired) electrons. The van der Waals surface area contributed by atoms with Crippen LogP contribution in [0.1, 0.15) is 6.92 Å². The van der Waals surface area contributed by atoms with Crippen molar-refractivity contribution in [1.29, 1.82) is 0 Å². The molecule has 4 nitrogen and oxygen atoms in total. The molecule has 0 aromatic carbocycles.